The minimum absolute atomic E-state index is 0.176. The molecule has 1 aromatic heterocycles. The predicted molar refractivity (Wildman–Crippen MR) is 101 cm³/mol. The van der Waals surface area contributed by atoms with Crippen molar-refractivity contribution in [3.63, 3.8) is 0 Å². The third-order valence-electron chi connectivity index (χ3n) is 4.04. The van der Waals surface area contributed by atoms with Gasteiger partial charge in [0.2, 0.25) is 0 Å². The SMILES string of the molecule is Cc1cc(-c2c(OCc3ccc(F)cc3)cc[nH]c2=O)ccc1OCC(=O)O. The zero-order valence-electron chi connectivity index (χ0n) is 15.1. The molecule has 3 aromatic rings. The van der Waals surface area contributed by atoms with Gasteiger partial charge in [-0.25, -0.2) is 9.18 Å². The van der Waals surface area contributed by atoms with Crippen LogP contribution in [0, 0.1) is 12.7 Å². The van der Waals surface area contributed by atoms with Crippen molar-refractivity contribution in [1.29, 1.82) is 0 Å². The van der Waals surface area contributed by atoms with Gasteiger partial charge in [-0.15, -0.1) is 0 Å². The molecule has 0 spiro atoms. The van der Waals surface area contributed by atoms with Crippen LogP contribution in [0.5, 0.6) is 11.5 Å². The molecule has 0 atom stereocenters. The van der Waals surface area contributed by atoms with E-state index in [0.717, 1.165) is 5.56 Å². The molecule has 0 saturated carbocycles. The molecule has 0 aliphatic carbocycles. The average Bonchev–Trinajstić information content (AvgIpc) is 2.66. The summed E-state index contributed by atoms with van der Waals surface area (Å²) in [6.07, 6.45) is 1.49. The lowest BCUT2D eigenvalue weighted by Crippen LogP contribution is -2.12. The van der Waals surface area contributed by atoms with Crippen LogP contribution in [0.2, 0.25) is 0 Å². The zero-order valence-corrected chi connectivity index (χ0v) is 15.1. The van der Waals surface area contributed by atoms with E-state index >= 15 is 0 Å². The highest BCUT2D eigenvalue weighted by atomic mass is 19.1. The standard InChI is InChI=1S/C21H18FNO5/c1-13-10-15(4-7-17(13)28-12-19(24)25)20-18(8-9-23-21(20)26)27-11-14-2-5-16(22)6-3-14/h2-10H,11-12H2,1H3,(H,23,26)(H,24,25). The van der Waals surface area contributed by atoms with E-state index in [-0.39, 0.29) is 18.0 Å². The Kier molecular flexibility index (Phi) is 5.74. The van der Waals surface area contributed by atoms with Crippen molar-refractivity contribution in [2.45, 2.75) is 13.5 Å². The second-order valence-electron chi connectivity index (χ2n) is 6.12. The number of halogens is 1. The fourth-order valence-corrected chi connectivity index (χ4v) is 2.70. The van der Waals surface area contributed by atoms with Crippen molar-refractivity contribution in [3.8, 4) is 22.6 Å². The molecular weight excluding hydrogens is 365 g/mol. The Balaban J connectivity index is 1.87. The number of H-pyrrole nitrogens is 1. The van der Waals surface area contributed by atoms with Crippen molar-refractivity contribution in [1.82, 2.24) is 4.98 Å². The van der Waals surface area contributed by atoms with Gasteiger partial charge >= 0.3 is 5.97 Å². The summed E-state index contributed by atoms with van der Waals surface area (Å²) in [4.78, 5) is 25.7. The molecule has 0 aliphatic rings. The summed E-state index contributed by atoms with van der Waals surface area (Å²) < 4.78 is 24.0. The lowest BCUT2D eigenvalue weighted by Gasteiger charge is -2.13. The largest absolute Gasteiger partial charge is 0.488 e. The summed E-state index contributed by atoms with van der Waals surface area (Å²) in [6, 6.07) is 12.6. The quantitative estimate of drug-likeness (QED) is 0.652. The molecule has 1 heterocycles. The number of aryl methyl sites for hydroxylation is 1. The summed E-state index contributed by atoms with van der Waals surface area (Å²) in [6.45, 7) is 1.49. The molecule has 0 radical (unpaired) electrons. The molecule has 144 valence electrons. The topological polar surface area (TPSA) is 88.6 Å². The number of benzene rings is 2. The van der Waals surface area contributed by atoms with Crippen LogP contribution < -0.4 is 15.0 Å². The van der Waals surface area contributed by atoms with E-state index < -0.39 is 12.6 Å². The number of hydrogen-bond donors (Lipinski definition) is 2. The van der Waals surface area contributed by atoms with Gasteiger partial charge in [-0.1, -0.05) is 18.2 Å². The number of rotatable bonds is 7. The molecule has 7 heteroatoms. The van der Waals surface area contributed by atoms with Crippen LogP contribution in [-0.4, -0.2) is 22.7 Å². The first-order valence-corrected chi connectivity index (χ1v) is 8.48. The molecule has 28 heavy (non-hydrogen) atoms. The second-order valence-corrected chi connectivity index (χ2v) is 6.12. The van der Waals surface area contributed by atoms with E-state index in [1.165, 1.54) is 18.3 Å². The molecule has 0 saturated heterocycles. The maximum atomic E-state index is 13.0. The Bertz CT molecular complexity index is 1040. The predicted octanol–water partition coefficient (Wildman–Crippen LogP) is 3.53. The highest BCUT2D eigenvalue weighted by molar-refractivity contribution is 5.71. The summed E-state index contributed by atoms with van der Waals surface area (Å²) in [5.74, 6) is -0.597. The second kappa shape index (κ2) is 8.39. The molecule has 0 fully saturated rings. The van der Waals surface area contributed by atoms with Crippen molar-refractivity contribution >= 4 is 5.97 Å². The number of carboxylic acids is 1. The van der Waals surface area contributed by atoms with Crippen molar-refractivity contribution in [2.24, 2.45) is 0 Å². The zero-order chi connectivity index (χ0) is 20.1. The van der Waals surface area contributed by atoms with Crippen LogP contribution in [0.25, 0.3) is 11.1 Å². The number of carboxylic acid groups (broad SMARTS) is 1. The Labute approximate surface area is 160 Å². The molecule has 0 unspecified atom stereocenters. The summed E-state index contributed by atoms with van der Waals surface area (Å²) in [5, 5.41) is 8.73. The number of aromatic amines is 1. The number of aromatic nitrogens is 1. The molecule has 2 aromatic carbocycles. The van der Waals surface area contributed by atoms with Gasteiger partial charge in [0.05, 0.1) is 5.56 Å². The van der Waals surface area contributed by atoms with Gasteiger partial charge in [-0.3, -0.25) is 4.79 Å². The molecule has 0 amide bonds. The number of ether oxygens (including phenoxy) is 2. The molecule has 0 aliphatic heterocycles. The number of aliphatic carboxylic acids is 1. The average molecular weight is 383 g/mol. The van der Waals surface area contributed by atoms with Crippen molar-refractivity contribution in [3.05, 3.63) is 82.0 Å². The third-order valence-corrected chi connectivity index (χ3v) is 4.04. The smallest absolute Gasteiger partial charge is 0.341 e. The van der Waals surface area contributed by atoms with Gasteiger partial charge in [0, 0.05) is 6.20 Å². The van der Waals surface area contributed by atoms with Crippen LogP contribution in [-0.2, 0) is 11.4 Å². The van der Waals surface area contributed by atoms with Gasteiger partial charge in [0.15, 0.2) is 6.61 Å². The van der Waals surface area contributed by atoms with E-state index in [4.69, 9.17) is 14.6 Å². The Morgan fingerprint density at radius 2 is 1.82 bits per heavy atom. The van der Waals surface area contributed by atoms with Crippen LogP contribution in [0.15, 0.2) is 59.5 Å². The molecule has 2 N–H and O–H groups in total. The van der Waals surface area contributed by atoms with Gasteiger partial charge in [-0.2, -0.15) is 0 Å². The van der Waals surface area contributed by atoms with E-state index in [1.54, 1.807) is 43.3 Å². The first kappa shape index (κ1) is 19.2. The Morgan fingerprint density at radius 3 is 2.50 bits per heavy atom. The lowest BCUT2D eigenvalue weighted by molar-refractivity contribution is -0.139. The van der Waals surface area contributed by atoms with Crippen LogP contribution in [0.3, 0.4) is 0 Å². The number of nitrogens with one attached hydrogen (secondary N) is 1. The summed E-state index contributed by atoms with van der Waals surface area (Å²) in [5.41, 5.74) is 2.08. The molecular formula is C21H18FNO5. The molecule has 0 bridgehead atoms. The monoisotopic (exact) mass is 383 g/mol. The van der Waals surface area contributed by atoms with Crippen molar-refractivity contribution in [2.75, 3.05) is 6.61 Å². The molecule has 6 nitrogen and oxygen atoms in total. The first-order chi connectivity index (χ1) is 13.4. The third kappa shape index (κ3) is 4.56. The van der Waals surface area contributed by atoms with E-state index in [1.807, 2.05) is 0 Å². The maximum Gasteiger partial charge on any atom is 0.341 e. The summed E-state index contributed by atoms with van der Waals surface area (Å²) in [7, 11) is 0. The number of pyridine rings is 1. The number of carbonyl (C=O) groups is 1. The lowest BCUT2D eigenvalue weighted by atomic mass is 10.0. The first-order valence-electron chi connectivity index (χ1n) is 8.48. The Hall–Kier alpha value is -3.61. The van der Waals surface area contributed by atoms with Crippen LogP contribution in [0.1, 0.15) is 11.1 Å². The van der Waals surface area contributed by atoms with E-state index in [0.29, 0.717) is 28.2 Å². The van der Waals surface area contributed by atoms with Gasteiger partial charge in [-0.05, 0) is 53.9 Å². The van der Waals surface area contributed by atoms with Crippen molar-refractivity contribution < 1.29 is 23.8 Å². The fraction of sp³-hybridized carbons (Fsp3) is 0.143. The number of hydrogen-bond acceptors (Lipinski definition) is 4. The highest BCUT2D eigenvalue weighted by Crippen LogP contribution is 2.30. The van der Waals surface area contributed by atoms with Crippen LogP contribution in [0.4, 0.5) is 4.39 Å². The minimum atomic E-state index is -1.07. The van der Waals surface area contributed by atoms with E-state index in [9.17, 15) is 14.0 Å². The van der Waals surface area contributed by atoms with Crippen LogP contribution >= 0.6 is 0 Å². The van der Waals surface area contributed by atoms with Gasteiger partial charge < -0.3 is 19.6 Å². The minimum Gasteiger partial charge on any atom is -0.488 e. The van der Waals surface area contributed by atoms with Gasteiger partial charge in [0.1, 0.15) is 23.9 Å². The maximum absolute atomic E-state index is 13.0. The summed E-state index contributed by atoms with van der Waals surface area (Å²) >= 11 is 0. The fourth-order valence-electron chi connectivity index (χ4n) is 2.70. The van der Waals surface area contributed by atoms with E-state index in [2.05, 4.69) is 4.98 Å². The molecule has 3 rings (SSSR count). The van der Waals surface area contributed by atoms with Gasteiger partial charge in [0.25, 0.3) is 5.56 Å². The Morgan fingerprint density at radius 1 is 1.07 bits per heavy atom. The normalized spacial score (nSPS) is 10.5. The highest BCUT2D eigenvalue weighted by Gasteiger charge is 2.13.